The van der Waals surface area contributed by atoms with Crippen molar-refractivity contribution >= 4 is 120 Å². The van der Waals surface area contributed by atoms with Gasteiger partial charge in [0.2, 0.25) is 0 Å². The summed E-state index contributed by atoms with van der Waals surface area (Å²) in [5.74, 6) is 2.46. The van der Waals surface area contributed by atoms with Crippen LogP contribution in [-0.2, 0) is 19.3 Å². The molecule has 17 aromatic rings. The zero-order chi connectivity index (χ0) is 67.0. The molecule has 6 nitrogen and oxygen atoms in total. The van der Waals surface area contributed by atoms with Gasteiger partial charge in [0.15, 0.2) is 0 Å². The average Bonchev–Trinajstić information content (AvgIpc) is 1.67. The molecule has 0 N–H and O–H groups in total. The van der Waals surface area contributed by atoms with Crippen LogP contribution in [0, 0.1) is 0 Å². The summed E-state index contributed by atoms with van der Waals surface area (Å²) in [6.45, 7) is 0. The summed E-state index contributed by atoms with van der Waals surface area (Å²) in [5.41, 5.74) is 24.5. The fraction of sp³-hybridized carbons (Fsp3) is 0.0632. The van der Waals surface area contributed by atoms with Crippen LogP contribution in [0.25, 0.3) is 142 Å². The Labute approximate surface area is 584 Å². The lowest BCUT2D eigenvalue weighted by Gasteiger charge is -2.16. The highest BCUT2D eigenvalue weighted by molar-refractivity contribution is 6.27. The quantitative estimate of drug-likeness (QED) is 0.121. The topological polar surface area (TPSA) is 64.8 Å². The second-order valence-electron chi connectivity index (χ2n) is 27.0. The monoisotopic (exact) mass is 1290 g/mol. The Morgan fingerprint density at radius 2 is 0.515 bits per heavy atom. The summed E-state index contributed by atoms with van der Waals surface area (Å²) in [6.07, 6.45) is 2.01. The van der Waals surface area contributed by atoms with Crippen molar-refractivity contribution in [2.75, 3.05) is 21.3 Å². The van der Waals surface area contributed by atoms with Gasteiger partial charge in [-0.1, -0.05) is 218 Å². The molecule has 476 valence electrons. The molecule has 0 radical (unpaired) electrons. The number of benzene rings is 17. The van der Waals surface area contributed by atoms with Crippen LogP contribution in [0.3, 0.4) is 0 Å². The van der Waals surface area contributed by atoms with Gasteiger partial charge < -0.3 is 14.2 Å². The number of nitrogens with zero attached hydrogens (tertiary/aromatic N) is 3. The molecule has 101 heavy (non-hydrogen) atoms. The first-order chi connectivity index (χ1) is 49.9. The molecule has 6 heteroatoms. The number of rotatable bonds is 11. The number of hydrogen-bond acceptors (Lipinski definition) is 6. The van der Waals surface area contributed by atoms with Crippen molar-refractivity contribution < 1.29 is 14.2 Å². The van der Waals surface area contributed by atoms with E-state index in [1.54, 1.807) is 21.3 Å². The van der Waals surface area contributed by atoms with Gasteiger partial charge in [0, 0.05) is 46.5 Å². The minimum atomic E-state index is 0.661. The van der Waals surface area contributed by atoms with Gasteiger partial charge in [0.25, 0.3) is 0 Å². The van der Waals surface area contributed by atoms with Gasteiger partial charge >= 0.3 is 0 Å². The molecular weight excluding hydrogens is 1230 g/mol. The van der Waals surface area contributed by atoms with E-state index in [9.17, 15) is 0 Å². The van der Waals surface area contributed by atoms with Crippen LogP contribution in [0.4, 0.5) is 17.1 Å². The highest BCUT2D eigenvalue weighted by atomic mass is 16.5. The van der Waals surface area contributed by atoms with Gasteiger partial charge in [-0.25, -0.2) is 0 Å². The predicted molar refractivity (Wildman–Crippen MR) is 422 cm³/mol. The molecule has 0 saturated carbocycles. The Morgan fingerprint density at radius 1 is 0.218 bits per heavy atom. The Hall–Kier alpha value is -12.8. The van der Waals surface area contributed by atoms with Crippen LogP contribution in [0.1, 0.15) is 33.4 Å². The zero-order valence-electron chi connectivity index (χ0n) is 55.9. The summed E-state index contributed by atoms with van der Waals surface area (Å²) in [5, 5.41) is 18.7. The number of methoxy groups -OCH3 is 3. The van der Waals surface area contributed by atoms with Gasteiger partial charge in [-0.2, -0.15) is 0 Å². The summed E-state index contributed by atoms with van der Waals surface area (Å²) in [6, 6.07) is 106. The van der Waals surface area contributed by atoms with Crippen molar-refractivity contribution in [2.24, 2.45) is 15.0 Å². The predicted octanol–water partition coefficient (Wildman–Crippen LogP) is 24.3. The maximum absolute atomic E-state index is 6.18. The zero-order valence-corrected chi connectivity index (χ0v) is 55.9. The van der Waals surface area contributed by atoms with Gasteiger partial charge in [0.05, 0.1) is 55.5 Å². The molecule has 3 heterocycles. The van der Waals surface area contributed by atoms with E-state index in [1.165, 1.54) is 93.2 Å². The normalized spacial score (nSPS) is 13.2. The van der Waals surface area contributed by atoms with Crippen LogP contribution in [0.5, 0.6) is 17.2 Å². The van der Waals surface area contributed by atoms with Crippen molar-refractivity contribution in [2.45, 2.75) is 19.3 Å². The molecular formula is C95H63N3O3. The summed E-state index contributed by atoms with van der Waals surface area (Å²) >= 11 is 0. The van der Waals surface area contributed by atoms with Crippen LogP contribution in [0.15, 0.2) is 306 Å². The van der Waals surface area contributed by atoms with Crippen LogP contribution < -0.4 is 14.2 Å². The number of fused-ring (bicyclic) bond motifs is 20. The number of hydrogen-bond donors (Lipinski definition) is 0. The molecule has 0 atom stereocenters. The summed E-state index contributed by atoms with van der Waals surface area (Å²) in [4.78, 5) is 17.1. The lowest BCUT2D eigenvalue weighted by atomic mass is 9.87. The molecule has 0 amide bonds. The molecule has 3 aliphatic rings. The van der Waals surface area contributed by atoms with E-state index in [0.717, 1.165) is 133 Å². The molecule has 0 aromatic heterocycles. The molecule has 0 fully saturated rings. The second-order valence-corrected chi connectivity index (χ2v) is 27.0. The third-order valence-corrected chi connectivity index (χ3v) is 21.7. The molecule has 0 saturated heterocycles. The van der Waals surface area contributed by atoms with Gasteiger partial charge in [-0.05, 0) is 221 Å². The number of aliphatic imine (C=N–C) groups is 3. The standard InChI is InChI=1S/C95H63N3O3/c1-99-68-36-26-61(27-37-68)86-52-83-79-48-64(65-31-41-75-72-39-29-63(58-24-22-57(23-25-58)55-14-6-4-7-15-55)47-78(72)85-54-88(97-94(85)81(75)49-65)92-70-21-13-11-19-60(70)35-45-90(92)101-3)30-40-73(79)74-42-32-66(50-80(74)93(83)96-86)67-33-43-76-71-38-28-62(56-16-8-5-9-17-56)46-77(71)84-53-87(98-95(84)82(76)51-67)91-69-20-12-10-18-59(69)34-44-89(91)100-2/h4-51H,52-54H2,1-3H3. The van der Waals surface area contributed by atoms with E-state index in [1.807, 2.05) is 12.1 Å². The highest BCUT2D eigenvalue weighted by Crippen LogP contribution is 2.51. The van der Waals surface area contributed by atoms with Crippen molar-refractivity contribution in [3.63, 3.8) is 0 Å². The van der Waals surface area contributed by atoms with Crippen molar-refractivity contribution in [3.05, 3.63) is 325 Å². The molecule has 3 aliphatic heterocycles. The maximum atomic E-state index is 6.18. The minimum absolute atomic E-state index is 0.661. The lowest BCUT2D eigenvalue weighted by molar-refractivity contribution is 0.414. The first kappa shape index (κ1) is 58.4. The highest BCUT2D eigenvalue weighted by Gasteiger charge is 2.30. The van der Waals surface area contributed by atoms with Crippen LogP contribution in [0.2, 0.25) is 0 Å². The maximum Gasteiger partial charge on any atom is 0.128 e. The van der Waals surface area contributed by atoms with Gasteiger partial charge in [-0.15, -0.1) is 0 Å². The van der Waals surface area contributed by atoms with Gasteiger partial charge in [-0.3, -0.25) is 15.0 Å². The first-order valence-electron chi connectivity index (χ1n) is 34.7. The van der Waals surface area contributed by atoms with Crippen molar-refractivity contribution in [3.8, 4) is 72.9 Å². The van der Waals surface area contributed by atoms with Crippen LogP contribution in [-0.4, -0.2) is 38.5 Å². The van der Waals surface area contributed by atoms with E-state index in [-0.39, 0.29) is 0 Å². The molecule has 0 spiro atoms. The van der Waals surface area contributed by atoms with E-state index in [4.69, 9.17) is 29.2 Å². The van der Waals surface area contributed by atoms with Crippen LogP contribution >= 0.6 is 0 Å². The largest absolute Gasteiger partial charge is 0.497 e. The van der Waals surface area contributed by atoms with E-state index >= 15 is 0 Å². The smallest absolute Gasteiger partial charge is 0.128 e. The average molecular weight is 1290 g/mol. The fourth-order valence-corrected chi connectivity index (χ4v) is 16.7. The van der Waals surface area contributed by atoms with E-state index in [0.29, 0.717) is 19.3 Å². The first-order valence-corrected chi connectivity index (χ1v) is 34.7. The van der Waals surface area contributed by atoms with Crippen molar-refractivity contribution in [1.29, 1.82) is 0 Å². The third kappa shape index (κ3) is 9.43. The third-order valence-electron chi connectivity index (χ3n) is 21.7. The summed E-state index contributed by atoms with van der Waals surface area (Å²) < 4.78 is 18.0. The molecule has 0 aliphatic carbocycles. The van der Waals surface area contributed by atoms with E-state index < -0.39 is 0 Å². The summed E-state index contributed by atoms with van der Waals surface area (Å²) in [7, 11) is 5.25. The molecule has 0 bridgehead atoms. The lowest BCUT2D eigenvalue weighted by Crippen LogP contribution is -2.05. The Kier molecular flexibility index (Phi) is 13.4. The molecule has 0 unspecified atom stereocenters. The Bertz CT molecular complexity index is 6510. The number of ether oxygens (including phenoxy) is 3. The minimum Gasteiger partial charge on any atom is -0.497 e. The van der Waals surface area contributed by atoms with Crippen molar-refractivity contribution in [1.82, 2.24) is 0 Å². The Balaban J connectivity index is 0.740. The fourth-order valence-electron chi connectivity index (χ4n) is 16.7. The molecule has 20 rings (SSSR count). The molecule has 17 aromatic carbocycles. The SMILES string of the molecule is COc1ccc(C2=Nc3c(c4cc(-c5ccc6c(c5)c5c(c7cc(-c8ccc(-c9ccccc9)cc8)ccc76)CC(c6c(OC)ccc7ccccc67)=N5)ccc4c4ccc(-c5ccc6c(c5)c5c(c7cc(-c8ccccc8)ccc76)CC(c6c(OC)ccc7ccccc67)=N5)cc34)C2)cc1. The Morgan fingerprint density at radius 3 is 0.911 bits per heavy atom. The second kappa shape index (κ2) is 23.2. The van der Waals surface area contributed by atoms with E-state index in [2.05, 4.69) is 279 Å². The van der Waals surface area contributed by atoms with Gasteiger partial charge in [0.1, 0.15) is 17.2 Å².